The van der Waals surface area contributed by atoms with Crippen molar-refractivity contribution < 1.29 is 0 Å². The van der Waals surface area contributed by atoms with Gasteiger partial charge in [0, 0.05) is 12.0 Å². The fourth-order valence-electron chi connectivity index (χ4n) is 2.65. The fraction of sp³-hybridized carbons (Fsp3) is 0.0769. The number of imidazole rings is 1. The van der Waals surface area contributed by atoms with Crippen molar-refractivity contribution in [1.82, 2.24) is 14.4 Å². The molecule has 2 heterocycles. The maximum Gasteiger partial charge on any atom is 0.292 e. The Morgan fingerprint density at radius 1 is 1.33 bits per heavy atom. The van der Waals surface area contributed by atoms with Crippen LogP contribution < -0.4 is 11.3 Å². The maximum absolute atomic E-state index is 12.0. The molecule has 0 fully saturated rings. The van der Waals surface area contributed by atoms with Crippen molar-refractivity contribution >= 4 is 11.5 Å². The molecule has 1 aliphatic rings. The van der Waals surface area contributed by atoms with Crippen molar-refractivity contribution in [2.45, 2.75) is 6.42 Å². The molecule has 0 amide bonds. The summed E-state index contributed by atoms with van der Waals surface area (Å²) in [5.74, 6) is 0.500. The van der Waals surface area contributed by atoms with Crippen LogP contribution in [0.1, 0.15) is 11.3 Å². The van der Waals surface area contributed by atoms with E-state index in [0.29, 0.717) is 11.5 Å². The van der Waals surface area contributed by atoms with Gasteiger partial charge in [0.05, 0.1) is 17.6 Å². The highest BCUT2D eigenvalue weighted by Gasteiger charge is 2.23. The van der Waals surface area contributed by atoms with Crippen LogP contribution >= 0.6 is 0 Å². The summed E-state index contributed by atoms with van der Waals surface area (Å²) < 4.78 is 1.74. The first-order chi connectivity index (χ1) is 8.75. The number of rotatable bonds is 0. The molecule has 0 saturated carbocycles. The smallest absolute Gasteiger partial charge is 0.292 e. The summed E-state index contributed by atoms with van der Waals surface area (Å²) in [5.41, 5.74) is 10.2. The number of hydrogen-bond acceptors (Lipinski definition) is 3. The first kappa shape index (κ1) is 9.47. The van der Waals surface area contributed by atoms with Gasteiger partial charge in [0.1, 0.15) is 5.82 Å². The molecule has 0 radical (unpaired) electrons. The third-order valence-corrected chi connectivity index (χ3v) is 3.43. The molecule has 5 nitrogen and oxygen atoms in total. The van der Waals surface area contributed by atoms with Crippen molar-refractivity contribution in [3.8, 4) is 11.3 Å². The molecule has 2 aromatic heterocycles. The van der Waals surface area contributed by atoms with E-state index in [-0.39, 0.29) is 5.56 Å². The third kappa shape index (κ3) is 1.01. The number of H-pyrrole nitrogens is 1. The van der Waals surface area contributed by atoms with Gasteiger partial charge >= 0.3 is 0 Å². The summed E-state index contributed by atoms with van der Waals surface area (Å²) >= 11 is 0. The quantitative estimate of drug-likeness (QED) is 0.483. The molecule has 18 heavy (non-hydrogen) atoms. The van der Waals surface area contributed by atoms with Crippen LogP contribution in [0.4, 0.5) is 5.82 Å². The molecule has 0 bridgehead atoms. The highest BCUT2D eigenvalue weighted by molar-refractivity contribution is 5.74. The van der Waals surface area contributed by atoms with E-state index in [1.807, 2.05) is 18.2 Å². The number of fused-ring (bicyclic) bond motifs is 5. The molecular weight excluding hydrogens is 228 g/mol. The van der Waals surface area contributed by atoms with E-state index in [2.05, 4.69) is 16.0 Å². The van der Waals surface area contributed by atoms with E-state index in [0.717, 1.165) is 23.4 Å². The Balaban J connectivity index is 2.20. The molecule has 1 aliphatic carbocycles. The van der Waals surface area contributed by atoms with Gasteiger partial charge in [-0.05, 0) is 5.56 Å². The Morgan fingerprint density at radius 3 is 3.06 bits per heavy atom. The molecule has 0 atom stereocenters. The van der Waals surface area contributed by atoms with Gasteiger partial charge in [0.15, 0.2) is 0 Å². The lowest BCUT2D eigenvalue weighted by Crippen LogP contribution is -2.14. The molecule has 4 rings (SSSR count). The van der Waals surface area contributed by atoms with Crippen LogP contribution in [0.3, 0.4) is 0 Å². The van der Waals surface area contributed by atoms with Gasteiger partial charge in [0.25, 0.3) is 5.56 Å². The molecule has 0 unspecified atom stereocenters. The largest absolute Gasteiger partial charge is 0.383 e. The third-order valence-electron chi connectivity index (χ3n) is 3.43. The predicted octanol–water partition coefficient (Wildman–Crippen LogP) is 1.18. The molecule has 0 saturated heterocycles. The average Bonchev–Trinajstić information content (AvgIpc) is 2.92. The number of anilines is 1. The highest BCUT2D eigenvalue weighted by Crippen LogP contribution is 2.34. The lowest BCUT2D eigenvalue weighted by atomic mass is 10.1. The van der Waals surface area contributed by atoms with Crippen molar-refractivity contribution in [2.75, 3.05) is 5.73 Å². The van der Waals surface area contributed by atoms with Gasteiger partial charge in [-0.3, -0.25) is 9.20 Å². The topological polar surface area (TPSA) is 76.2 Å². The van der Waals surface area contributed by atoms with Crippen LogP contribution in [0.2, 0.25) is 0 Å². The van der Waals surface area contributed by atoms with Crippen LogP contribution in [0.15, 0.2) is 35.3 Å². The van der Waals surface area contributed by atoms with Gasteiger partial charge in [-0.25, -0.2) is 4.98 Å². The van der Waals surface area contributed by atoms with Gasteiger partial charge < -0.3 is 10.7 Å². The van der Waals surface area contributed by atoms with E-state index in [9.17, 15) is 4.79 Å². The predicted molar refractivity (Wildman–Crippen MR) is 68.5 cm³/mol. The van der Waals surface area contributed by atoms with Gasteiger partial charge in [-0.1, -0.05) is 24.3 Å². The van der Waals surface area contributed by atoms with Crippen LogP contribution in [0.5, 0.6) is 0 Å². The van der Waals surface area contributed by atoms with E-state index >= 15 is 0 Å². The Labute approximate surface area is 102 Å². The molecule has 3 N–H and O–H groups in total. The minimum absolute atomic E-state index is 0.206. The zero-order valence-corrected chi connectivity index (χ0v) is 9.47. The minimum Gasteiger partial charge on any atom is -0.383 e. The molecule has 88 valence electrons. The highest BCUT2D eigenvalue weighted by atomic mass is 16.1. The Morgan fingerprint density at radius 2 is 2.17 bits per heavy atom. The number of nitrogen functional groups attached to an aromatic ring is 1. The Kier molecular flexibility index (Phi) is 1.58. The second-order valence-corrected chi connectivity index (χ2v) is 4.45. The van der Waals surface area contributed by atoms with Crippen molar-refractivity contribution in [1.29, 1.82) is 0 Å². The fourth-order valence-corrected chi connectivity index (χ4v) is 2.65. The van der Waals surface area contributed by atoms with E-state index in [1.165, 1.54) is 11.8 Å². The van der Waals surface area contributed by atoms with E-state index in [4.69, 9.17) is 5.73 Å². The molecule has 1 aromatic carbocycles. The molecular formula is C13H10N4O. The average molecular weight is 238 g/mol. The summed E-state index contributed by atoms with van der Waals surface area (Å²) in [6, 6.07) is 8.04. The first-order valence-corrected chi connectivity index (χ1v) is 5.72. The number of aromatic amines is 1. The lowest BCUT2D eigenvalue weighted by molar-refractivity contribution is 1.01. The number of nitrogens with zero attached hydrogens (tertiary/aromatic N) is 2. The van der Waals surface area contributed by atoms with Crippen LogP contribution in [-0.2, 0) is 6.42 Å². The molecule has 0 spiro atoms. The van der Waals surface area contributed by atoms with Crippen molar-refractivity contribution in [2.24, 2.45) is 0 Å². The van der Waals surface area contributed by atoms with Gasteiger partial charge in [-0.15, -0.1) is 0 Å². The Hall–Kier alpha value is -2.56. The van der Waals surface area contributed by atoms with Crippen LogP contribution in [-0.4, -0.2) is 14.4 Å². The SMILES string of the molecule is Nc1cnc2c(=O)[nH]c3c(n12)Cc1ccccc1-3. The number of aromatic nitrogens is 3. The Bertz CT molecular complexity index is 844. The lowest BCUT2D eigenvalue weighted by Gasteiger charge is -2.04. The number of benzene rings is 1. The molecule has 0 aliphatic heterocycles. The first-order valence-electron chi connectivity index (χ1n) is 5.72. The summed E-state index contributed by atoms with van der Waals surface area (Å²) in [7, 11) is 0. The number of nitrogens with one attached hydrogen (secondary N) is 1. The monoisotopic (exact) mass is 238 g/mol. The second-order valence-electron chi connectivity index (χ2n) is 4.45. The van der Waals surface area contributed by atoms with Crippen molar-refractivity contribution in [3.05, 3.63) is 52.1 Å². The van der Waals surface area contributed by atoms with Crippen LogP contribution in [0, 0.1) is 0 Å². The number of nitrogens with two attached hydrogens (primary N) is 1. The van der Waals surface area contributed by atoms with E-state index < -0.39 is 0 Å². The summed E-state index contributed by atoms with van der Waals surface area (Å²) in [5, 5.41) is 0. The standard InChI is InChI=1S/C13H10N4O/c14-10-6-15-12-13(18)16-11-8-4-2-1-3-7(8)5-9(11)17(10)12/h1-4,6H,5,14H2,(H,16,18). The zero-order chi connectivity index (χ0) is 12.3. The van der Waals surface area contributed by atoms with Gasteiger partial charge in [-0.2, -0.15) is 0 Å². The number of hydrogen-bond donors (Lipinski definition) is 2. The maximum atomic E-state index is 12.0. The summed E-state index contributed by atoms with van der Waals surface area (Å²) in [6.45, 7) is 0. The zero-order valence-electron chi connectivity index (χ0n) is 9.47. The normalized spacial score (nSPS) is 12.7. The molecule has 5 heteroatoms. The van der Waals surface area contributed by atoms with Gasteiger partial charge in [0.2, 0.25) is 5.65 Å². The van der Waals surface area contributed by atoms with Crippen molar-refractivity contribution in [3.63, 3.8) is 0 Å². The minimum atomic E-state index is -0.206. The van der Waals surface area contributed by atoms with Crippen LogP contribution in [0.25, 0.3) is 16.9 Å². The van der Waals surface area contributed by atoms with E-state index in [1.54, 1.807) is 4.40 Å². The summed E-state index contributed by atoms with van der Waals surface area (Å²) in [4.78, 5) is 18.9. The summed E-state index contributed by atoms with van der Waals surface area (Å²) in [6.07, 6.45) is 2.28. The second kappa shape index (κ2) is 3.01. The molecule has 3 aromatic rings.